The number of hydrogen-bond donors (Lipinski definition) is 2. The average Bonchev–Trinajstić information content (AvgIpc) is 3.48. The molecule has 1 aliphatic heterocycles. The summed E-state index contributed by atoms with van der Waals surface area (Å²) in [5.74, 6) is 1.37. The first-order valence-corrected chi connectivity index (χ1v) is 11.7. The number of nitrogens with one attached hydrogen (secondary N) is 1. The minimum absolute atomic E-state index is 0.0912. The zero-order chi connectivity index (χ0) is 24.2. The van der Waals surface area contributed by atoms with E-state index >= 15 is 0 Å². The SMILES string of the molecule is O=C(O)C[C@@H]1CCc2cc(OCCCNCc3nc(-c4ccc5c(c4)OCO5)ncc3F)ccc21. The fraction of sp³-hybridized carbons (Fsp3) is 0.346. The molecule has 0 radical (unpaired) electrons. The fourth-order valence-electron chi connectivity index (χ4n) is 4.49. The van der Waals surface area contributed by atoms with Crippen LogP contribution in [0.25, 0.3) is 11.4 Å². The minimum atomic E-state index is -0.762. The summed E-state index contributed by atoms with van der Waals surface area (Å²) in [4.78, 5) is 19.5. The van der Waals surface area contributed by atoms with E-state index in [9.17, 15) is 9.18 Å². The summed E-state index contributed by atoms with van der Waals surface area (Å²) in [6.45, 7) is 1.60. The molecule has 182 valence electrons. The monoisotopic (exact) mass is 479 g/mol. The molecule has 0 amide bonds. The summed E-state index contributed by atoms with van der Waals surface area (Å²) in [5.41, 5.74) is 3.31. The maximum absolute atomic E-state index is 14.2. The molecule has 0 bridgehead atoms. The minimum Gasteiger partial charge on any atom is -0.494 e. The zero-order valence-corrected chi connectivity index (χ0v) is 19.1. The summed E-state index contributed by atoms with van der Waals surface area (Å²) in [5, 5.41) is 12.3. The van der Waals surface area contributed by atoms with Gasteiger partial charge in [-0.25, -0.2) is 14.4 Å². The molecule has 0 unspecified atom stereocenters. The van der Waals surface area contributed by atoms with Crippen molar-refractivity contribution < 1.29 is 28.5 Å². The molecule has 1 atom stereocenters. The van der Waals surface area contributed by atoms with Crippen molar-refractivity contribution >= 4 is 5.97 Å². The molecule has 9 heteroatoms. The van der Waals surface area contributed by atoms with Crippen LogP contribution in [0.15, 0.2) is 42.6 Å². The van der Waals surface area contributed by atoms with Gasteiger partial charge in [-0.3, -0.25) is 4.79 Å². The molecule has 2 N–H and O–H groups in total. The average molecular weight is 480 g/mol. The van der Waals surface area contributed by atoms with E-state index in [1.165, 1.54) is 11.8 Å². The van der Waals surface area contributed by atoms with Crippen molar-refractivity contribution in [1.29, 1.82) is 0 Å². The molecule has 0 spiro atoms. The van der Waals surface area contributed by atoms with Gasteiger partial charge in [-0.05, 0) is 73.2 Å². The van der Waals surface area contributed by atoms with Crippen LogP contribution in [0.1, 0.15) is 42.0 Å². The van der Waals surface area contributed by atoms with Crippen LogP contribution < -0.4 is 19.5 Å². The first-order chi connectivity index (χ1) is 17.1. The third-order valence-electron chi connectivity index (χ3n) is 6.24. The number of benzene rings is 2. The van der Waals surface area contributed by atoms with Crippen molar-refractivity contribution in [2.75, 3.05) is 19.9 Å². The first-order valence-electron chi connectivity index (χ1n) is 11.7. The van der Waals surface area contributed by atoms with E-state index in [-0.39, 0.29) is 25.7 Å². The van der Waals surface area contributed by atoms with Crippen LogP contribution in [0.2, 0.25) is 0 Å². The molecule has 5 rings (SSSR count). The van der Waals surface area contributed by atoms with Gasteiger partial charge in [0.05, 0.1) is 24.9 Å². The summed E-state index contributed by atoms with van der Waals surface area (Å²) in [6.07, 6.45) is 3.84. The second kappa shape index (κ2) is 10.3. The molecule has 8 nitrogen and oxygen atoms in total. The molecule has 0 fully saturated rings. The topological polar surface area (TPSA) is 103 Å². The molecule has 3 aromatic rings. The Balaban J connectivity index is 1.09. The van der Waals surface area contributed by atoms with Gasteiger partial charge >= 0.3 is 5.97 Å². The van der Waals surface area contributed by atoms with Crippen molar-refractivity contribution in [1.82, 2.24) is 15.3 Å². The number of aliphatic carboxylic acids is 1. The van der Waals surface area contributed by atoms with E-state index in [4.69, 9.17) is 19.3 Å². The molecule has 2 aliphatic rings. The second-order valence-corrected chi connectivity index (χ2v) is 8.63. The molecule has 0 saturated carbocycles. The Morgan fingerprint density at radius 2 is 2.09 bits per heavy atom. The number of hydrogen-bond acceptors (Lipinski definition) is 7. The van der Waals surface area contributed by atoms with E-state index in [2.05, 4.69) is 15.3 Å². The van der Waals surface area contributed by atoms with Crippen LogP contribution in [-0.2, 0) is 17.8 Å². The van der Waals surface area contributed by atoms with Gasteiger partial charge in [-0.15, -0.1) is 0 Å². The number of fused-ring (bicyclic) bond motifs is 2. The number of carboxylic acids is 1. The number of carbonyl (C=O) groups is 1. The second-order valence-electron chi connectivity index (χ2n) is 8.63. The number of rotatable bonds is 10. The van der Waals surface area contributed by atoms with E-state index in [0.717, 1.165) is 36.1 Å². The lowest BCUT2D eigenvalue weighted by Crippen LogP contribution is -2.19. The Hall–Kier alpha value is -3.72. The number of halogens is 1. The highest BCUT2D eigenvalue weighted by atomic mass is 19.1. The fourth-order valence-corrected chi connectivity index (χ4v) is 4.49. The summed E-state index contributed by atoms with van der Waals surface area (Å²) >= 11 is 0. The van der Waals surface area contributed by atoms with Crippen LogP contribution in [0.5, 0.6) is 17.2 Å². The van der Waals surface area contributed by atoms with Gasteiger partial charge in [-0.1, -0.05) is 6.07 Å². The number of aromatic nitrogens is 2. The first kappa shape index (κ1) is 23.0. The highest BCUT2D eigenvalue weighted by molar-refractivity contribution is 5.68. The molecule has 1 aromatic heterocycles. The van der Waals surface area contributed by atoms with Gasteiger partial charge in [0.1, 0.15) is 5.75 Å². The maximum atomic E-state index is 14.2. The van der Waals surface area contributed by atoms with Crippen molar-refractivity contribution in [3.8, 4) is 28.6 Å². The van der Waals surface area contributed by atoms with Gasteiger partial charge in [0.15, 0.2) is 23.1 Å². The van der Waals surface area contributed by atoms with Crippen LogP contribution in [0.4, 0.5) is 4.39 Å². The van der Waals surface area contributed by atoms with Crippen molar-refractivity contribution in [3.63, 3.8) is 0 Å². The summed E-state index contributed by atoms with van der Waals surface area (Å²) in [6, 6.07) is 11.3. The van der Waals surface area contributed by atoms with Gasteiger partial charge in [0.2, 0.25) is 6.79 Å². The summed E-state index contributed by atoms with van der Waals surface area (Å²) in [7, 11) is 0. The Labute approximate surface area is 202 Å². The van der Waals surface area contributed by atoms with E-state index in [1.54, 1.807) is 12.1 Å². The predicted octanol–water partition coefficient (Wildman–Crippen LogP) is 4.07. The van der Waals surface area contributed by atoms with E-state index in [0.29, 0.717) is 36.2 Å². The largest absolute Gasteiger partial charge is 0.494 e. The molecule has 0 saturated heterocycles. The Morgan fingerprint density at radius 3 is 2.97 bits per heavy atom. The highest BCUT2D eigenvalue weighted by Gasteiger charge is 2.25. The Morgan fingerprint density at radius 1 is 1.20 bits per heavy atom. The lowest BCUT2D eigenvalue weighted by molar-refractivity contribution is -0.137. The lowest BCUT2D eigenvalue weighted by atomic mass is 9.98. The van der Waals surface area contributed by atoms with Crippen LogP contribution in [0, 0.1) is 5.82 Å². The van der Waals surface area contributed by atoms with Gasteiger partial charge in [0.25, 0.3) is 0 Å². The van der Waals surface area contributed by atoms with Crippen molar-refractivity contribution in [2.45, 2.75) is 38.1 Å². The predicted molar refractivity (Wildman–Crippen MR) is 125 cm³/mol. The van der Waals surface area contributed by atoms with Crippen LogP contribution in [-0.4, -0.2) is 41.0 Å². The molecular formula is C26H26FN3O5. The number of ether oxygens (including phenoxy) is 3. The Kier molecular flexibility index (Phi) is 6.76. The smallest absolute Gasteiger partial charge is 0.303 e. The van der Waals surface area contributed by atoms with Crippen molar-refractivity contribution in [2.24, 2.45) is 0 Å². The molecule has 1 aliphatic carbocycles. The third-order valence-corrected chi connectivity index (χ3v) is 6.24. The lowest BCUT2D eigenvalue weighted by Gasteiger charge is -2.11. The van der Waals surface area contributed by atoms with Gasteiger partial charge in [-0.2, -0.15) is 0 Å². The zero-order valence-electron chi connectivity index (χ0n) is 19.1. The molecule has 35 heavy (non-hydrogen) atoms. The number of nitrogens with zero attached hydrogens (tertiary/aromatic N) is 2. The van der Waals surface area contributed by atoms with Crippen LogP contribution in [0.3, 0.4) is 0 Å². The van der Waals surface area contributed by atoms with Gasteiger partial charge < -0.3 is 24.6 Å². The summed E-state index contributed by atoms with van der Waals surface area (Å²) < 4.78 is 30.8. The van der Waals surface area contributed by atoms with Gasteiger partial charge in [0, 0.05) is 12.1 Å². The quantitative estimate of drug-likeness (QED) is 0.420. The van der Waals surface area contributed by atoms with Crippen molar-refractivity contribution in [3.05, 3.63) is 65.2 Å². The standard InChI is InChI=1S/C26H26FN3O5/c27-21-13-29-26(18-4-7-23-24(11-18)35-15-34-23)30-22(21)14-28-8-1-9-33-19-5-6-20-16(10-19)2-3-17(20)12-25(31)32/h4-7,10-11,13,17,28H,1-3,8-9,12,14-15H2,(H,31,32)/t17-/m0/s1. The van der Waals surface area contributed by atoms with Crippen LogP contribution >= 0.6 is 0 Å². The number of aryl methyl sites for hydroxylation is 1. The molecule has 2 heterocycles. The Bertz CT molecular complexity index is 1240. The van der Waals surface area contributed by atoms with E-state index in [1.807, 2.05) is 24.3 Å². The molecule has 2 aromatic carbocycles. The highest BCUT2D eigenvalue weighted by Crippen LogP contribution is 2.37. The normalized spacial score (nSPS) is 15.7. The number of carboxylic acid groups (broad SMARTS) is 1. The third kappa shape index (κ3) is 5.35. The van der Waals surface area contributed by atoms with E-state index < -0.39 is 11.8 Å². The molecular weight excluding hydrogens is 453 g/mol. The maximum Gasteiger partial charge on any atom is 0.303 e.